The Morgan fingerprint density at radius 3 is 1.49 bits per heavy atom. The van der Waals surface area contributed by atoms with Gasteiger partial charge in [-0.2, -0.15) is 0 Å². The molecule has 8 rings (SSSR count). The van der Waals surface area contributed by atoms with Gasteiger partial charge in [0.15, 0.2) is 51.5 Å². The first-order valence-electron chi connectivity index (χ1n) is 23.5. The Labute approximate surface area is 447 Å². The van der Waals surface area contributed by atoms with Crippen LogP contribution in [0.4, 0.5) is 0 Å². The van der Waals surface area contributed by atoms with Gasteiger partial charge in [0.2, 0.25) is 58.6 Å². The monoisotopic (exact) mass is 1140 g/mol. The number of benzene rings is 4. The molecule has 0 bridgehead atoms. The average Bonchev–Trinajstić information content (AvgIpc) is 3.82. The molecule has 0 aromatic heterocycles. The Hall–Kier alpha value is -7.06. The van der Waals surface area contributed by atoms with Gasteiger partial charge in [-0.05, 0) is 31.5 Å². The zero-order valence-corrected chi connectivity index (χ0v) is 41.9. The van der Waals surface area contributed by atoms with E-state index in [0.717, 1.165) is 26.9 Å². The zero-order valence-electron chi connectivity index (χ0n) is 41.9. The van der Waals surface area contributed by atoms with E-state index < -0.39 is 203 Å². The van der Waals surface area contributed by atoms with Gasteiger partial charge in [-0.25, -0.2) is 0 Å². The summed E-state index contributed by atoms with van der Waals surface area (Å²) in [4.78, 5) is 27.9. The number of methoxy groups -OCH3 is 3. The summed E-state index contributed by atoms with van der Waals surface area (Å²) in [5.74, 6) is -52.7. The van der Waals surface area contributed by atoms with Crippen LogP contribution in [0.1, 0.15) is 62.2 Å². The van der Waals surface area contributed by atoms with Crippen LogP contribution < -0.4 is 23.7 Å². The molecule has 2 unspecified atom stereocenters. The third-order valence-electron chi connectivity index (χ3n) is 15.4. The maximum Gasteiger partial charge on any atom is 0.294 e. The van der Waals surface area contributed by atoms with Gasteiger partial charge in [0.05, 0.1) is 32.5 Å². The quantitative estimate of drug-likeness (QED) is 0.0299. The van der Waals surface area contributed by atoms with E-state index in [1.165, 1.54) is 0 Å². The second-order valence-electron chi connectivity index (χ2n) is 19.8. The van der Waals surface area contributed by atoms with E-state index in [-0.39, 0.29) is 12.8 Å². The van der Waals surface area contributed by atoms with Gasteiger partial charge in [-0.3, -0.25) is 14.5 Å². The van der Waals surface area contributed by atoms with E-state index in [1.807, 2.05) is 35.2 Å². The molecule has 2 aliphatic carbocycles. The highest BCUT2D eigenvalue weighted by atomic mass is 16.7. The van der Waals surface area contributed by atoms with Crippen LogP contribution in [0.3, 0.4) is 0 Å². The molecule has 2 atom stereocenters. The summed E-state index contributed by atoms with van der Waals surface area (Å²) in [5.41, 5.74) is -16.4. The lowest BCUT2D eigenvalue weighted by Crippen LogP contribution is -2.95. The second kappa shape index (κ2) is 19.0. The number of carbonyl (C=O) groups excluding carboxylic acids is 2. The lowest BCUT2D eigenvalue weighted by atomic mass is 9.68. The highest BCUT2D eigenvalue weighted by Gasteiger charge is 2.88. The van der Waals surface area contributed by atoms with Crippen molar-refractivity contribution in [3.8, 4) is 74.7 Å². The Balaban J connectivity index is 1.06. The number of nitrogens with zero attached hydrogens (tertiary/aromatic N) is 2. The SMILES string of the molecule is COc1c(O)c2c(c(O)c1OC)C(=O)C(O)(CC1(O)C(O)(O)C(O)(O)N(C(O)(O)c3c(O)c(O)c(OCOc4c(O)c5c(c(O)c4OC)CC(O)(C(O)(O)C4CCN(Cc6ccccc6)CC4)C5=O)c(O)c3O)C(O)(O)C1(O)O)C2. The maximum absolute atomic E-state index is 14.0. The summed E-state index contributed by atoms with van der Waals surface area (Å²) in [6.07, 6.45) is -4.68. The van der Waals surface area contributed by atoms with E-state index in [9.17, 15) is 127 Å². The molecule has 2 fully saturated rings. The fourth-order valence-electron chi connectivity index (χ4n) is 11.1. The van der Waals surface area contributed by atoms with Gasteiger partial charge in [0, 0.05) is 42.9 Å². The first kappa shape index (κ1) is 59.1. The van der Waals surface area contributed by atoms with Crippen molar-refractivity contribution in [2.75, 3.05) is 41.2 Å². The Morgan fingerprint density at radius 2 is 0.988 bits per heavy atom. The second-order valence-corrected chi connectivity index (χ2v) is 19.8. The van der Waals surface area contributed by atoms with Gasteiger partial charge < -0.3 is 141 Å². The molecular weight excluding hydrogens is 1080 g/mol. The molecule has 0 saturated carbocycles. The van der Waals surface area contributed by atoms with Crippen molar-refractivity contribution in [3.05, 3.63) is 63.7 Å². The summed E-state index contributed by atoms with van der Waals surface area (Å²) in [5, 5.41) is 259. The Bertz CT molecular complexity index is 3110. The van der Waals surface area contributed by atoms with Crippen LogP contribution in [0.5, 0.6) is 74.7 Å². The van der Waals surface area contributed by atoms with Crippen molar-refractivity contribution in [2.24, 2.45) is 5.92 Å². The fraction of sp³-hybridized carbons (Fsp3) is 0.458. The largest absolute Gasteiger partial charge is 0.504 e. The number of ketones is 2. The van der Waals surface area contributed by atoms with Crippen LogP contribution in [0.15, 0.2) is 30.3 Å². The lowest BCUT2D eigenvalue weighted by Gasteiger charge is -2.65. The number of aliphatic hydroxyl groups is 15. The molecule has 32 heteroatoms. The number of piperidine rings is 2. The topological polar surface area (TPSA) is 552 Å². The van der Waals surface area contributed by atoms with Crippen LogP contribution in [0.25, 0.3) is 0 Å². The smallest absolute Gasteiger partial charge is 0.294 e. The van der Waals surface area contributed by atoms with Crippen LogP contribution >= 0.6 is 0 Å². The molecular formula is C48H56N2O30. The standard InChI is InChI=1S/C48H56N2O30/c1-76-34-25(51)20-13-40(61,38(59)22(20)27(53)36(34)78-3)16-42(63)45(68,69)47(72,73)50(48(74,75)46(42,70)71)44(66,67)24-29(55)31(57)33(32(58)30(24)56)79-17-80-37-28(54)23-21(26(52)35(37)77-2)14-41(62,39(23)60)43(64,65)19-9-11-49(12-10-19)15-18-7-5-4-6-8-18/h4-8,19,51-58,61-75H,9-17H2,1-3H3. The first-order chi connectivity index (χ1) is 36.9. The highest BCUT2D eigenvalue weighted by Crippen LogP contribution is 2.63. The molecule has 438 valence electrons. The van der Waals surface area contributed by atoms with Crippen LogP contribution in [0, 0.1) is 5.92 Å². The molecule has 2 aliphatic heterocycles. The Morgan fingerprint density at radius 1 is 0.550 bits per heavy atom. The predicted octanol–water partition coefficient (Wildman–Crippen LogP) is -5.82. The minimum Gasteiger partial charge on any atom is -0.504 e. The van der Waals surface area contributed by atoms with E-state index in [1.54, 1.807) is 0 Å². The normalized spacial score (nSPS) is 23.4. The maximum atomic E-state index is 14.0. The fourth-order valence-corrected chi connectivity index (χ4v) is 11.1. The molecule has 2 heterocycles. The molecule has 80 heavy (non-hydrogen) atoms. The molecule has 2 saturated heterocycles. The molecule has 0 amide bonds. The molecule has 32 nitrogen and oxygen atoms in total. The molecule has 4 aromatic carbocycles. The molecule has 0 radical (unpaired) electrons. The number of fused-ring (bicyclic) bond motifs is 2. The molecule has 4 aliphatic rings. The van der Waals surface area contributed by atoms with Crippen LogP contribution in [-0.4, -0.2) is 226 Å². The van der Waals surface area contributed by atoms with Crippen molar-refractivity contribution in [3.63, 3.8) is 0 Å². The van der Waals surface area contributed by atoms with Crippen molar-refractivity contribution < 1.29 is 151 Å². The number of hydrogen-bond donors (Lipinski definition) is 23. The molecule has 0 spiro atoms. The van der Waals surface area contributed by atoms with Crippen molar-refractivity contribution >= 4 is 11.6 Å². The van der Waals surface area contributed by atoms with Gasteiger partial charge in [0.1, 0.15) is 11.2 Å². The predicted molar refractivity (Wildman–Crippen MR) is 252 cm³/mol. The van der Waals surface area contributed by atoms with Gasteiger partial charge in [0.25, 0.3) is 29.3 Å². The number of Topliss-reactive ketones (excluding diaryl/α,β-unsaturated/α-hetero) is 2. The van der Waals surface area contributed by atoms with E-state index >= 15 is 0 Å². The molecule has 4 aromatic rings. The number of carbonyl (C=O) groups is 2. The minimum atomic E-state index is -5.52. The third kappa shape index (κ3) is 7.87. The van der Waals surface area contributed by atoms with E-state index in [4.69, 9.17) is 23.7 Å². The van der Waals surface area contributed by atoms with Crippen molar-refractivity contribution in [1.82, 2.24) is 9.80 Å². The van der Waals surface area contributed by atoms with Crippen LogP contribution in [-0.2, 0) is 25.3 Å². The lowest BCUT2D eigenvalue weighted by molar-refractivity contribution is -0.629. The summed E-state index contributed by atoms with van der Waals surface area (Å²) >= 11 is 0. The third-order valence-corrected chi connectivity index (χ3v) is 15.4. The van der Waals surface area contributed by atoms with Gasteiger partial charge >= 0.3 is 0 Å². The first-order valence-corrected chi connectivity index (χ1v) is 23.5. The van der Waals surface area contributed by atoms with Gasteiger partial charge in [-0.1, -0.05) is 30.3 Å². The average molecular weight is 1140 g/mol. The Kier molecular flexibility index (Phi) is 14.0. The number of likely N-dealkylation sites (tertiary alicyclic amines) is 2. The number of aromatic hydroxyl groups is 8. The van der Waals surface area contributed by atoms with Gasteiger partial charge in [-0.15, -0.1) is 4.90 Å². The van der Waals surface area contributed by atoms with Crippen molar-refractivity contribution in [1.29, 1.82) is 0 Å². The number of phenolic OH excluding ortho intramolecular Hbond substituents is 8. The van der Waals surface area contributed by atoms with E-state index in [2.05, 4.69) is 0 Å². The number of rotatable bonds is 15. The summed E-state index contributed by atoms with van der Waals surface area (Å²) in [6.45, 7) is -0.384. The highest BCUT2D eigenvalue weighted by molar-refractivity contribution is 6.12. The van der Waals surface area contributed by atoms with Crippen LogP contribution in [0.2, 0.25) is 0 Å². The number of hydrogen-bond acceptors (Lipinski definition) is 32. The minimum absolute atomic E-state index is 0.0677. The summed E-state index contributed by atoms with van der Waals surface area (Å²) in [7, 11) is 2.76. The van der Waals surface area contributed by atoms with E-state index in [0.29, 0.717) is 19.6 Å². The van der Waals surface area contributed by atoms with Crippen molar-refractivity contribution in [2.45, 2.75) is 90.5 Å². The summed E-state index contributed by atoms with van der Waals surface area (Å²) in [6, 6.07) is 9.32. The summed E-state index contributed by atoms with van der Waals surface area (Å²) < 4.78 is 25.3. The molecule has 23 N–H and O–H groups in total. The number of ether oxygens (including phenoxy) is 5. The number of phenols is 8. The zero-order chi connectivity index (χ0) is 59.8.